The van der Waals surface area contributed by atoms with Crippen LogP contribution < -0.4 is 15.5 Å². The van der Waals surface area contributed by atoms with E-state index in [2.05, 4.69) is 15.5 Å². The van der Waals surface area contributed by atoms with Gasteiger partial charge in [-0.25, -0.2) is 9.78 Å². The molecule has 0 radical (unpaired) electrons. The van der Waals surface area contributed by atoms with Crippen LogP contribution in [0.3, 0.4) is 0 Å². The number of rotatable bonds is 7. The van der Waals surface area contributed by atoms with Crippen molar-refractivity contribution in [1.29, 1.82) is 0 Å². The van der Waals surface area contributed by atoms with Crippen molar-refractivity contribution in [2.45, 2.75) is 83.7 Å². The van der Waals surface area contributed by atoms with Crippen LogP contribution in [0.1, 0.15) is 68.4 Å². The van der Waals surface area contributed by atoms with Crippen LogP contribution in [0, 0.1) is 0 Å². The Morgan fingerprint density at radius 2 is 1.80 bits per heavy atom. The van der Waals surface area contributed by atoms with Crippen molar-refractivity contribution in [2.24, 2.45) is 0 Å². The predicted octanol–water partition coefficient (Wildman–Crippen LogP) is 2.87. The Balaban J connectivity index is 1.30. The molecule has 3 aliphatic heterocycles. The number of amides is 3. The van der Waals surface area contributed by atoms with Crippen LogP contribution in [-0.4, -0.2) is 99.4 Å². The first-order valence-electron chi connectivity index (χ1n) is 15.4. The van der Waals surface area contributed by atoms with Gasteiger partial charge in [0.2, 0.25) is 5.91 Å². The highest BCUT2D eigenvalue weighted by molar-refractivity contribution is 5.95. The lowest BCUT2D eigenvalue weighted by molar-refractivity contribution is -0.132. The molecule has 4 N–H and O–H groups in total. The van der Waals surface area contributed by atoms with E-state index in [1.165, 1.54) is 4.90 Å². The van der Waals surface area contributed by atoms with Crippen LogP contribution in [0.2, 0.25) is 0 Å². The van der Waals surface area contributed by atoms with Crippen molar-refractivity contribution in [3.63, 3.8) is 0 Å². The van der Waals surface area contributed by atoms with E-state index in [1.54, 1.807) is 62.9 Å². The van der Waals surface area contributed by atoms with E-state index >= 15 is 0 Å². The van der Waals surface area contributed by atoms with Crippen molar-refractivity contribution >= 4 is 29.5 Å². The molecule has 0 bridgehead atoms. The average Bonchev–Trinajstić information content (AvgIpc) is 2.95. The van der Waals surface area contributed by atoms with Gasteiger partial charge in [0.15, 0.2) is 0 Å². The summed E-state index contributed by atoms with van der Waals surface area (Å²) < 4.78 is 5.63. The summed E-state index contributed by atoms with van der Waals surface area (Å²) in [6, 6.07) is 7.87. The Morgan fingerprint density at radius 3 is 2.48 bits per heavy atom. The number of piperidine rings is 1. The third kappa shape index (κ3) is 7.53. The first kappa shape index (κ1) is 31.4. The molecule has 2 fully saturated rings. The van der Waals surface area contributed by atoms with Gasteiger partial charge < -0.3 is 35.4 Å². The number of carbonyl (C=O) groups is 3. The number of aromatic hydroxyl groups is 1. The molecule has 4 heterocycles. The number of hydrogen-bond acceptors (Lipinski definition) is 9. The number of carbonyl (C=O) groups excluding carboxylic acids is 3. The van der Waals surface area contributed by atoms with E-state index in [4.69, 9.17) is 9.72 Å². The molecule has 3 amide bonds. The van der Waals surface area contributed by atoms with Crippen molar-refractivity contribution in [1.82, 2.24) is 20.1 Å². The third-order valence-electron chi connectivity index (χ3n) is 8.34. The lowest BCUT2D eigenvalue weighted by Gasteiger charge is -2.40. The number of aliphatic hydroxyl groups is 1. The molecule has 0 saturated carbocycles. The number of likely N-dealkylation sites (tertiary alicyclic amines) is 1. The third-order valence-corrected chi connectivity index (χ3v) is 8.34. The molecule has 2 atom stereocenters. The maximum atomic E-state index is 13.5. The molecule has 0 aliphatic carbocycles. The van der Waals surface area contributed by atoms with Gasteiger partial charge in [-0.05, 0) is 81.8 Å². The number of aromatic nitrogens is 1. The fraction of sp³-hybridized carbons (Fsp3) is 0.562. The number of ether oxygens (including phenoxy) is 1. The van der Waals surface area contributed by atoms with E-state index in [0.717, 1.165) is 43.5 Å². The number of pyridine rings is 1. The summed E-state index contributed by atoms with van der Waals surface area (Å²) in [4.78, 5) is 48.5. The monoisotopic (exact) mass is 608 g/mol. The van der Waals surface area contributed by atoms with Crippen LogP contribution in [0.15, 0.2) is 30.3 Å². The molecule has 12 nitrogen and oxygen atoms in total. The summed E-state index contributed by atoms with van der Waals surface area (Å²) >= 11 is 0. The van der Waals surface area contributed by atoms with Crippen LogP contribution in [0.5, 0.6) is 5.75 Å². The largest absolute Gasteiger partial charge is 0.508 e. The lowest BCUT2D eigenvalue weighted by atomic mass is 9.91. The van der Waals surface area contributed by atoms with Gasteiger partial charge in [-0.2, -0.15) is 0 Å². The zero-order valence-electron chi connectivity index (χ0n) is 26.0. The maximum absolute atomic E-state index is 13.5. The average molecular weight is 609 g/mol. The number of phenolic OH excluding ortho intramolecular Hbond substituents is 1. The first-order valence-corrected chi connectivity index (χ1v) is 15.4. The van der Waals surface area contributed by atoms with Crippen LogP contribution in [0.25, 0.3) is 0 Å². The fourth-order valence-corrected chi connectivity index (χ4v) is 5.94. The van der Waals surface area contributed by atoms with E-state index in [1.807, 2.05) is 0 Å². The number of fused-ring (bicyclic) bond motifs is 1. The van der Waals surface area contributed by atoms with Gasteiger partial charge in [-0.3, -0.25) is 14.5 Å². The van der Waals surface area contributed by atoms with E-state index in [0.29, 0.717) is 36.7 Å². The fourth-order valence-electron chi connectivity index (χ4n) is 5.94. The zero-order chi connectivity index (χ0) is 31.6. The normalized spacial score (nSPS) is 19.5. The minimum absolute atomic E-state index is 0.0292. The highest BCUT2D eigenvalue weighted by atomic mass is 16.6. The molecule has 3 aliphatic rings. The van der Waals surface area contributed by atoms with Crippen molar-refractivity contribution in [3.05, 3.63) is 47.0 Å². The summed E-state index contributed by atoms with van der Waals surface area (Å²) in [7, 11) is 0. The van der Waals surface area contributed by atoms with Gasteiger partial charge in [0.1, 0.15) is 23.0 Å². The number of hydrogen-bond donors (Lipinski definition) is 4. The van der Waals surface area contributed by atoms with Crippen molar-refractivity contribution in [3.8, 4) is 5.75 Å². The SMILES string of the molecule is CC(=O)N1CC(Nc2cc(C(=O)NC[C@@H](O)[C@@H]3Cc4ccc(O)cc4CN3C(=O)OC(C)(C)C)cc(N3CCCCC3)n2)C1. The number of phenols is 1. The van der Waals surface area contributed by atoms with Gasteiger partial charge in [0, 0.05) is 51.8 Å². The smallest absolute Gasteiger partial charge is 0.410 e. The highest BCUT2D eigenvalue weighted by Gasteiger charge is 2.37. The van der Waals surface area contributed by atoms with Crippen LogP contribution >= 0.6 is 0 Å². The summed E-state index contributed by atoms with van der Waals surface area (Å²) in [5.41, 5.74) is 1.37. The summed E-state index contributed by atoms with van der Waals surface area (Å²) in [5, 5.41) is 27.6. The second kappa shape index (κ2) is 12.9. The number of benzene rings is 1. The van der Waals surface area contributed by atoms with Gasteiger partial charge in [0.25, 0.3) is 5.91 Å². The van der Waals surface area contributed by atoms with Crippen molar-refractivity contribution < 1.29 is 29.3 Å². The Kier molecular flexibility index (Phi) is 9.19. The van der Waals surface area contributed by atoms with E-state index in [9.17, 15) is 24.6 Å². The predicted molar refractivity (Wildman–Crippen MR) is 166 cm³/mol. The highest BCUT2D eigenvalue weighted by Crippen LogP contribution is 2.30. The molecule has 2 saturated heterocycles. The topological polar surface area (TPSA) is 148 Å². The standard InChI is InChI=1S/C32H44N6O6/c1-20(39)37-18-24(19-37)34-28-14-22(15-29(35-28)36-10-6-5-7-11-36)30(42)33-16-27(41)26-13-21-8-9-25(40)12-23(21)17-38(26)31(43)44-32(2,3)4/h8-9,12,14-15,24,26-27,40-41H,5-7,10-11,13,16-19H2,1-4H3,(H,33,42)(H,34,35)/t26-,27+/m0/s1. The van der Waals surface area contributed by atoms with Crippen LogP contribution in [-0.2, 0) is 22.5 Å². The molecule has 2 aromatic rings. The second-order valence-corrected chi connectivity index (χ2v) is 13.0. The molecule has 0 unspecified atom stereocenters. The molecular formula is C32H44N6O6. The minimum Gasteiger partial charge on any atom is -0.508 e. The number of anilines is 2. The van der Waals surface area contributed by atoms with Gasteiger partial charge >= 0.3 is 6.09 Å². The number of nitrogens with zero attached hydrogens (tertiary/aromatic N) is 4. The Hall–Kier alpha value is -4.06. The molecular weight excluding hydrogens is 564 g/mol. The lowest BCUT2D eigenvalue weighted by Crippen LogP contribution is -2.56. The Labute approximate surface area is 258 Å². The van der Waals surface area contributed by atoms with E-state index < -0.39 is 23.8 Å². The number of aliphatic hydroxyl groups excluding tert-OH is 1. The first-order chi connectivity index (χ1) is 20.9. The van der Waals surface area contributed by atoms with Crippen molar-refractivity contribution in [2.75, 3.05) is 42.9 Å². The molecule has 238 valence electrons. The Bertz CT molecular complexity index is 1380. The molecule has 1 aromatic heterocycles. The molecule has 1 aromatic carbocycles. The summed E-state index contributed by atoms with van der Waals surface area (Å²) in [6.45, 7) is 9.84. The molecule has 44 heavy (non-hydrogen) atoms. The minimum atomic E-state index is -1.08. The van der Waals surface area contributed by atoms with Crippen LogP contribution in [0.4, 0.5) is 16.4 Å². The quantitative estimate of drug-likeness (QED) is 0.373. The second-order valence-electron chi connectivity index (χ2n) is 13.0. The maximum Gasteiger partial charge on any atom is 0.410 e. The van der Waals surface area contributed by atoms with Gasteiger partial charge in [-0.1, -0.05) is 6.07 Å². The Morgan fingerprint density at radius 1 is 1.07 bits per heavy atom. The van der Waals surface area contributed by atoms with E-state index in [-0.39, 0.29) is 36.7 Å². The number of nitrogens with one attached hydrogen (secondary N) is 2. The van der Waals surface area contributed by atoms with Gasteiger partial charge in [0.05, 0.1) is 18.2 Å². The molecule has 12 heteroatoms. The van der Waals surface area contributed by atoms with Gasteiger partial charge in [-0.15, -0.1) is 0 Å². The molecule has 5 rings (SSSR count). The summed E-state index contributed by atoms with van der Waals surface area (Å²) in [6.07, 6.45) is 1.96. The molecule has 0 spiro atoms. The summed E-state index contributed by atoms with van der Waals surface area (Å²) in [5.74, 6) is 1.04. The zero-order valence-corrected chi connectivity index (χ0v) is 26.0.